The van der Waals surface area contributed by atoms with Crippen molar-refractivity contribution in [3.63, 3.8) is 0 Å². The molecule has 0 aromatic carbocycles. The summed E-state index contributed by atoms with van der Waals surface area (Å²) >= 11 is 0.773. The molecule has 26 heavy (non-hydrogen) atoms. The summed E-state index contributed by atoms with van der Waals surface area (Å²) in [5.74, 6) is 0.449. The zero-order chi connectivity index (χ0) is 18.5. The van der Waals surface area contributed by atoms with E-state index in [9.17, 15) is 22.4 Å². The van der Waals surface area contributed by atoms with Crippen molar-refractivity contribution in [2.75, 3.05) is 24.5 Å². The van der Waals surface area contributed by atoms with Gasteiger partial charge in [0.05, 0.1) is 11.0 Å². The summed E-state index contributed by atoms with van der Waals surface area (Å²) in [5, 5.41) is 6.57. The highest BCUT2D eigenvalue weighted by Gasteiger charge is 2.45. The Hall–Kier alpha value is -1.35. The van der Waals surface area contributed by atoms with Gasteiger partial charge in [-0.15, -0.1) is 11.3 Å². The molecule has 144 valence electrons. The fourth-order valence-corrected chi connectivity index (χ4v) is 5.34. The number of carbonyl (C=O) groups is 1. The number of nitrogens with zero attached hydrogens (tertiary/aromatic N) is 1. The fraction of sp³-hybridized carbons (Fsp3) is 0.706. The second kappa shape index (κ2) is 6.67. The van der Waals surface area contributed by atoms with E-state index < -0.39 is 23.3 Å². The van der Waals surface area contributed by atoms with Crippen LogP contribution in [0.15, 0.2) is 12.1 Å². The maximum absolute atomic E-state index is 13.3. The smallest absolute Gasteiger partial charge is 0.363 e. The largest absolute Gasteiger partial charge is 0.425 e. The van der Waals surface area contributed by atoms with Crippen molar-refractivity contribution in [1.82, 2.24) is 10.6 Å². The highest BCUT2D eigenvalue weighted by atomic mass is 32.1. The van der Waals surface area contributed by atoms with Gasteiger partial charge in [0.15, 0.2) is 0 Å². The molecule has 1 amide bonds. The molecule has 0 unspecified atom stereocenters. The minimum Gasteiger partial charge on any atom is -0.363 e. The van der Waals surface area contributed by atoms with Gasteiger partial charge < -0.3 is 15.5 Å². The minimum absolute atomic E-state index is 0.0139. The van der Waals surface area contributed by atoms with Gasteiger partial charge in [0.1, 0.15) is 11.0 Å². The van der Waals surface area contributed by atoms with Gasteiger partial charge in [-0.2, -0.15) is 13.2 Å². The van der Waals surface area contributed by atoms with E-state index in [4.69, 9.17) is 0 Å². The average Bonchev–Trinajstić information content (AvgIpc) is 3.29. The van der Waals surface area contributed by atoms with E-state index in [1.165, 1.54) is 6.07 Å². The number of carbonyl (C=O) groups excluding carboxylic acids is 1. The molecule has 1 aromatic heterocycles. The molecule has 3 heterocycles. The summed E-state index contributed by atoms with van der Waals surface area (Å²) in [7, 11) is 0. The molecular weight excluding hydrogens is 370 g/mol. The van der Waals surface area contributed by atoms with Crippen LogP contribution < -0.4 is 15.5 Å². The average molecular weight is 391 g/mol. The third kappa shape index (κ3) is 3.43. The minimum atomic E-state index is -4.31. The quantitative estimate of drug-likeness (QED) is 0.779. The van der Waals surface area contributed by atoms with Gasteiger partial charge in [-0.05, 0) is 30.9 Å². The fourth-order valence-electron chi connectivity index (χ4n) is 4.45. The van der Waals surface area contributed by atoms with E-state index >= 15 is 0 Å². The zero-order valence-corrected chi connectivity index (χ0v) is 14.9. The van der Waals surface area contributed by atoms with Crippen LogP contribution in [0.4, 0.5) is 22.6 Å². The molecule has 2 saturated heterocycles. The Labute approximate surface area is 152 Å². The van der Waals surface area contributed by atoms with E-state index in [0.29, 0.717) is 17.5 Å². The van der Waals surface area contributed by atoms with Gasteiger partial charge in [-0.3, -0.25) is 4.79 Å². The first-order valence-corrected chi connectivity index (χ1v) is 9.72. The van der Waals surface area contributed by atoms with Gasteiger partial charge in [0.2, 0.25) is 5.91 Å². The number of alkyl halides is 4. The van der Waals surface area contributed by atoms with Crippen LogP contribution in [0.3, 0.4) is 0 Å². The van der Waals surface area contributed by atoms with Crippen LogP contribution in [0.1, 0.15) is 24.1 Å². The molecule has 1 aromatic rings. The van der Waals surface area contributed by atoms with Gasteiger partial charge in [-0.25, -0.2) is 4.39 Å². The first-order chi connectivity index (χ1) is 12.3. The van der Waals surface area contributed by atoms with Gasteiger partial charge in [0.25, 0.3) is 0 Å². The molecule has 0 spiro atoms. The van der Waals surface area contributed by atoms with E-state index in [0.717, 1.165) is 36.8 Å². The Morgan fingerprint density at radius 3 is 2.73 bits per heavy atom. The van der Waals surface area contributed by atoms with Gasteiger partial charge in [0, 0.05) is 38.0 Å². The second-order valence-electron chi connectivity index (χ2n) is 7.45. The lowest BCUT2D eigenvalue weighted by atomic mass is 9.97. The Kier molecular flexibility index (Phi) is 4.63. The molecule has 4 nitrogen and oxygen atoms in total. The zero-order valence-electron chi connectivity index (χ0n) is 14.1. The third-order valence-electron chi connectivity index (χ3n) is 5.76. The Morgan fingerprint density at radius 2 is 2.08 bits per heavy atom. The summed E-state index contributed by atoms with van der Waals surface area (Å²) in [6.45, 7) is 1.59. The molecule has 1 saturated carbocycles. The number of nitrogens with one attached hydrogen (secondary N) is 2. The van der Waals surface area contributed by atoms with Crippen LogP contribution in [0.5, 0.6) is 0 Å². The van der Waals surface area contributed by atoms with Crippen LogP contribution in [-0.4, -0.2) is 43.8 Å². The predicted octanol–water partition coefficient (Wildman–Crippen LogP) is 2.80. The lowest BCUT2D eigenvalue weighted by Gasteiger charge is -2.23. The van der Waals surface area contributed by atoms with E-state index in [1.807, 2.05) is 4.90 Å². The molecule has 4 rings (SSSR count). The molecule has 2 N–H and O–H groups in total. The maximum Gasteiger partial charge on any atom is 0.425 e. The monoisotopic (exact) mass is 391 g/mol. The van der Waals surface area contributed by atoms with Gasteiger partial charge in [-0.1, -0.05) is 0 Å². The first-order valence-electron chi connectivity index (χ1n) is 8.91. The lowest BCUT2D eigenvalue weighted by molar-refractivity contribution is -0.134. The highest BCUT2D eigenvalue weighted by molar-refractivity contribution is 7.16. The SMILES string of the molecule is O=C(N[C@H]1CC[C@@H]2CN(c3ccc(C(F)(F)F)s3)C[C@@H]21)[C@@H]1C[C@H](F)CN1. The normalized spacial score (nSPS) is 34.3. The number of thiophene rings is 1. The van der Waals surface area contributed by atoms with Crippen molar-refractivity contribution in [2.24, 2.45) is 11.8 Å². The number of rotatable bonds is 3. The van der Waals surface area contributed by atoms with Crippen molar-refractivity contribution in [3.05, 3.63) is 17.0 Å². The van der Waals surface area contributed by atoms with E-state index in [2.05, 4.69) is 10.6 Å². The van der Waals surface area contributed by atoms with Crippen LogP contribution in [0.25, 0.3) is 0 Å². The standard InChI is InChI=1S/C17H21F4N3OS/c18-10-5-13(22-6-10)16(25)23-12-2-1-9-7-24(8-11(9)12)15-4-3-14(26-15)17(19,20)21/h3-4,9-13,22H,1-2,5-8H2,(H,23,25)/t9-,10+,11+,12+,13+/m1/s1. The van der Waals surface area contributed by atoms with Crippen LogP contribution in [-0.2, 0) is 11.0 Å². The Balaban J connectivity index is 1.38. The molecule has 5 atom stereocenters. The first kappa shape index (κ1) is 18.0. The molecule has 2 aliphatic heterocycles. The van der Waals surface area contributed by atoms with Crippen molar-refractivity contribution < 1.29 is 22.4 Å². The summed E-state index contributed by atoms with van der Waals surface area (Å²) < 4.78 is 51.7. The number of fused-ring (bicyclic) bond motifs is 1. The molecule has 3 fully saturated rings. The summed E-state index contributed by atoms with van der Waals surface area (Å²) in [4.78, 5) is 13.7. The number of halogens is 4. The van der Waals surface area contributed by atoms with Crippen molar-refractivity contribution >= 4 is 22.2 Å². The topological polar surface area (TPSA) is 44.4 Å². The summed E-state index contributed by atoms with van der Waals surface area (Å²) in [6, 6.07) is 2.20. The highest BCUT2D eigenvalue weighted by Crippen LogP contribution is 2.44. The number of hydrogen-bond acceptors (Lipinski definition) is 4. The molecular formula is C17H21F4N3OS. The van der Waals surface area contributed by atoms with Crippen molar-refractivity contribution in [1.29, 1.82) is 0 Å². The third-order valence-corrected chi connectivity index (χ3v) is 6.95. The van der Waals surface area contributed by atoms with Gasteiger partial charge >= 0.3 is 6.18 Å². The van der Waals surface area contributed by atoms with Crippen LogP contribution in [0.2, 0.25) is 0 Å². The van der Waals surface area contributed by atoms with Crippen molar-refractivity contribution in [3.8, 4) is 0 Å². The lowest BCUT2D eigenvalue weighted by Crippen LogP contribution is -2.47. The second-order valence-corrected chi connectivity index (χ2v) is 8.51. The van der Waals surface area contributed by atoms with Crippen molar-refractivity contribution in [2.45, 2.75) is 43.7 Å². The Morgan fingerprint density at radius 1 is 1.27 bits per heavy atom. The van der Waals surface area contributed by atoms with Crippen LogP contribution in [0, 0.1) is 11.8 Å². The molecule has 1 aliphatic carbocycles. The number of anilines is 1. The maximum atomic E-state index is 13.3. The molecule has 0 radical (unpaired) electrons. The van der Waals surface area contributed by atoms with E-state index in [-0.39, 0.29) is 30.8 Å². The molecule has 9 heteroatoms. The molecule has 0 bridgehead atoms. The molecule has 3 aliphatic rings. The Bertz CT molecular complexity index is 679. The van der Waals surface area contributed by atoms with Crippen LogP contribution >= 0.6 is 11.3 Å². The summed E-state index contributed by atoms with van der Waals surface area (Å²) in [5.41, 5.74) is 0. The number of hydrogen-bond donors (Lipinski definition) is 2. The summed E-state index contributed by atoms with van der Waals surface area (Å²) in [6.07, 6.45) is -3.26. The predicted molar refractivity (Wildman–Crippen MR) is 91.0 cm³/mol. The number of amides is 1. The van der Waals surface area contributed by atoms with E-state index in [1.54, 1.807) is 0 Å².